The Labute approximate surface area is 162 Å². The maximum Gasteiger partial charge on any atom is 0.126 e. The number of thioether (sulfide) groups is 1. The zero-order chi connectivity index (χ0) is 18.5. The van der Waals surface area contributed by atoms with E-state index in [1.54, 1.807) is 17.8 Å². The van der Waals surface area contributed by atoms with Crippen molar-refractivity contribution in [3.8, 4) is 11.8 Å². The van der Waals surface area contributed by atoms with Crippen molar-refractivity contribution in [3.63, 3.8) is 0 Å². The summed E-state index contributed by atoms with van der Waals surface area (Å²) in [5.41, 5.74) is 6.98. The maximum atomic E-state index is 9.15. The van der Waals surface area contributed by atoms with Crippen LogP contribution in [0.15, 0.2) is 84.0 Å². The molecule has 1 unspecified atom stereocenters. The van der Waals surface area contributed by atoms with E-state index in [4.69, 9.17) is 10.00 Å². The first-order valence-corrected chi connectivity index (χ1v) is 9.47. The number of ether oxygens (including phenoxy) is 1. The molecule has 1 N–H and O–H groups in total. The van der Waals surface area contributed by atoms with Crippen molar-refractivity contribution in [1.82, 2.24) is 5.43 Å². The second kappa shape index (κ2) is 7.98. The highest BCUT2D eigenvalue weighted by molar-refractivity contribution is 8.14. The Morgan fingerprint density at radius 2 is 1.70 bits per heavy atom. The summed E-state index contributed by atoms with van der Waals surface area (Å²) in [5, 5.41) is 14.7. The standard InChI is InChI=1S/C22H17N3OS/c23-14-18-8-4-5-9-19(18)15-26-20-12-10-17(11-13-20)22-25-24-21(27-22)16-6-2-1-3-7-16/h1-13,22,25H,15H2. The summed E-state index contributed by atoms with van der Waals surface area (Å²) in [6, 6.07) is 27.8. The minimum Gasteiger partial charge on any atom is -0.489 e. The zero-order valence-corrected chi connectivity index (χ0v) is 15.3. The molecule has 0 saturated carbocycles. The molecule has 1 aliphatic rings. The van der Waals surface area contributed by atoms with Gasteiger partial charge in [-0.05, 0) is 23.8 Å². The summed E-state index contributed by atoms with van der Waals surface area (Å²) in [4.78, 5) is 0. The van der Waals surface area contributed by atoms with Gasteiger partial charge in [-0.15, -0.1) is 0 Å². The van der Waals surface area contributed by atoms with Crippen LogP contribution >= 0.6 is 11.8 Å². The monoisotopic (exact) mass is 371 g/mol. The predicted octanol–water partition coefficient (Wildman–Crippen LogP) is 4.83. The highest BCUT2D eigenvalue weighted by Gasteiger charge is 2.21. The average molecular weight is 371 g/mol. The van der Waals surface area contributed by atoms with Gasteiger partial charge >= 0.3 is 0 Å². The van der Waals surface area contributed by atoms with Crippen molar-refractivity contribution in [1.29, 1.82) is 5.26 Å². The van der Waals surface area contributed by atoms with E-state index in [0.29, 0.717) is 12.2 Å². The molecule has 4 nitrogen and oxygen atoms in total. The Morgan fingerprint density at radius 1 is 0.963 bits per heavy atom. The molecular weight excluding hydrogens is 354 g/mol. The molecular formula is C22H17N3OS. The van der Waals surface area contributed by atoms with Crippen LogP contribution in [0.5, 0.6) is 5.75 Å². The molecule has 4 rings (SSSR count). The minimum atomic E-state index is 0.0913. The summed E-state index contributed by atoms with van der Waals surface area (Å²) >= 11 is 1.70. The van der Waals surface area contributed by atoms with Crippen molar-refractivity contribution in [2.45, 2.75) is 12.0 Å². The first-order valence-electron chi connectivity index (χ1n) is 8.59. The van der Waals surface area contributed by atoms with Gasteiger partial charge < -0.3 is 4.74 Å². The second-order valence-electron chi connectivity index (χ2n) is 6.04. The van der Waals surface area contributed by atoms with Crippen LogP contribution in [0, 0.1) is 11.3 Å². The topological polar surface area (TPSA) is 57.4 Å². The van der Waals surface area contributed by atoms with E-state index in [1.807, 2.05) is 60.7 Å². The lowest BCUT2D eigenvalue weighted by Crippen LogP contribution is -2.06. The molecule has 5 heteroatoms. The highest BCUT2D eigenvalue weighted by Crippen LogP contribution is 2.34. The van der Waals surface area contributed by atoms with Crippen molar-refractivity contribution < 1.29 is 4.74 Å². The summed E-state index contributed by atoms with van der Waals surface area (Å²) in [6.07, 6.45) is 0. The van der Waals surface area contributed by atoms with E-state index in [0.717, 1.165) is 27.5 Å². The number of nitrogens with zero attached hydrogens (tertiary/aromatic N) is 2. The van der Waals surface area contributed by atoms with Gasteiger partial charge in [0.25, 0.3) is 0 Å². The first-order chi connectivity index (χ1) is 13.3. The lowest BCUT2D eigenvalue weighted by Gasteiger charge is -2.11. The molecule has 27 heavy (non-hydrogen) atoms. The van der Waals surface area contributed by atoms with E-state index in [1.165, 1.54) is 0 Å². The fourth-order valence-electron chi connectivity index (χ4n) is 2.79. The summed E-state index contributed by atoms with van der Waals surface area (Å²) in [5.74, 6) is 0.777. The third kappa shape index (κ3) is 3.97. The molecule has 0 bridgehead atoms. The lowest BCUT2D eigenvalue weighted by molar-refractivity contribution is 0.306. The smallest absolute Gasteiger partial charge is 0.126 e. The maximum absolute atomic E-state index is 9.15. The van der Waals surface area contributed by atoms with E-state index in [2.05, 4.69) is 28.7 Å². The molecule has 0 radical (unpaired) electrons. The van der Waals surface area contributed by atoms with Gasteiger partial charge in [-0.25, -0.2) is 0 Å². The normalized spacial score (nSPS) is 15.5. The van der Waals surface area contributed by atoms with Gasteiger partial charge in [0.05, 0.1) is 11.6 Å². The van der Waals surface area contributed by atoms with Crippen LogP contribution in [0.25, 0.3) is 0 Å². The molecule has 0 spiro atoms. The quantitative estimate of drug-likeness (QED) is 0.698. The van der Waals surface area contributed by atoms with Crippen LogP contribution in [-0.2, 0) is 6.61 Å². The Kier molecular flexibility index (Phi) is 5.08. The van der Waals surface area contributed by atoms with Crippen LogP contribution in [0.3, 0.4) is 0 Å². The largest absolute Gasteiger partial charge is 0.489 e. The van der Waals surface area contributed by atoms with Gasteiger partial charge in [-0.3, -0.25) is 5.43 Å². The zero-order valence-electron chi connectivity index (χ0n) is 14.5. The lowest BCUT2D eigenvalue weighted by atomic mass is 10.1. The molecule has 0 fully saturated rings. The van der Waals surface area contributed by atoms with E-state index in [9.17, 15) is 0 Å². The summed E-state index contributed by atoms with van der Waals surface area (Å²) in [6.45, 7) is 0.376. The van der Waals surface area contributed by atoms with Crippen LogP contribution in [-0.4, -0.2) is 5.04 Å². The highest BCUT2D eigenvalue weighted by atomic mass is 32.2. The number of nitriles is 1. The van der Waals surface area contributed by atoms with Crippen molar-refractivity contribution in [3.05, 3.63) is 101 Å². The van der Waals surface area contributed by atoms with Crippen LogP contribution in [0.2, 0.25) is 0 Å². The number of hydrogen-bond donors (Lipinski definition) is 1. The Hall–Kier alpha value is -3.23. The number of hydrazone groups is 1. The predicted molar refractivity (Wildman–Crippen MR) is 108 cm³/mol. The van der Waals surface area contributed by atoms with Crippen LogP contribution in [0.1, 0.15) is 27.6 Å². The first kappa shape index (κ1) is 17.2. The molecule has 3 aromatic rings. The molecule has 3 aromatic carbocycles. The third-order valence-electron chi connectivity index (χ3n) is 4.25. The van der Waals surface area contributed by atoms with Gasteiger partial charge in [0, 0.05) is 11.1 Å². The molecule has 1 heterocycles. The number of nitrogens with one attached hydrogen (secondary N) is 1. The van der Waals surface area contributed by atoms with Crippen LogP contribution in [0.4, 0.5) is 0 Å². The van der Waals surface area contributed by atoms with Crippen LogP contribution < -0.4 is 10.2 Å². The molecule has 1 atom stereocenters. The molecule has 0 aromatic heterocycles. The van der Waals surface area contributed by atoms with Crippen molar-refractivity contribution in [2.75, 3.05) is 0 Å². The van der Waals surface area contributed by atoms with Gasteiger partial charge in [0.1, 0.15) is 22.8 Å². The Balaban J connectivity index is 1.38. The fourth-order valence-corrected chi connectivity index (χ4v) is 3.79. The van der Waals surface area contributed by atoms with E-state index >= 15 is 0 Å². The summed E-state index contributed by atoms with van der Waals surface area (Å²) < 4.78 is 5.84. The second-order valence-corrected chi connectivity index (χ2v) is 7.13. The average Bonchev–Trinajstić information content (AvgIpc) is 3.24. The van der Waals surface area contributed by atoms with Crippen molar-refractivity contribution >= 4 is 16.8 Å². The molecule has 0 amide bonds. The number of rotatable bonds is 5. The molecule has 0 aliphatic carbocycles. The molecule has 0 saturated heterocycles. The SMILES string of the molecule is N#Cc1ccccc1COc1ccc(C2NN=C(c3ccccc3)S2)cc1. The minimum absolute atomic E-state index is 0.0913. The van der Waals surface area contributed by atoms with Gasteiger partial charge in [0.2, 0.25) is 0 Å². The van der Waals surface area contributed by atoms with Gasteiger partial charge in [-0.1, -0.05) is 72.4 Å². The van der Waals surface area contributed by atoms with Crippen molar-refractivity contribution in [2.24, 2.45) is 5.10 Å². The van der Waals surface area contributed by atoms with E-state index in [-0.39, 0.29) is 5.37 Å². The molecule has 132 valence electrons. The molecule has 1 aliphatic heterocycles. The van der Waals surface area contributed by atoms with E-state index < -0.39 is 0 Å². The van der Waals surface area contributed by atoms with Gasteiger partial charge in [0.15, 0.2) is 0 Å². The summed E-state index contributed by atoms with van der Waals surface area (Å²) in [7, 11) is 0. The number of benzene rings is 3. The number of hydrogen-bond acceptors (Lipinski definition) is 5. The third-order valence-corrected chi connectivity index (χ3v) is 5.41. The Morgan fingerprint density at radius 3 is 2.48 bits per heavy atom. The fraction of sp³-hybridized carbons (Fsp3) is 0.0909. The Bertz CT molecular complexity index is 994. The van der Waals surface area contributed by atoms with Gasteiger partial charge in [-0.2, -0.15) is 10.4 Å².